The normalized spacial score (nSPS) is 20.2. The molecule has 1 aliphatic heterocycles. The van der Waals surface area contributed by atoms with E-state index in [1.165, 1.54) is 0 Å². The van der Waals surface area contributed by atoms with Gasteiger partial charge < -0.3 is 15.1 Å². The highest BCUT2D eigenvalue weighted by atomic mass is 16.4. The summed E-state index contributed by atoms with van der Waals surface area (Å²) in [6.45, 7) is 0.450. The molecule has 0 radical (unpaired) electrons. The number of carboxylic acid groups (broad SMARTS) is 1. The summed E-state index contributed by atoms with van der Waals surface area (Å²) in [7, 11) is 0. The second-order valence-electron chi connectivity index (χ2n) is 6.72. The van der Waals surface area contributed by atoms with E-state index in [2.05, 4.69) is 0 Å². The van der Waals surface area contributed by atoms with Gasteiger partial charge in [0.15, 0.2) is 0 Å². The molecule has 2 atom stereocenters. The monoisotopic (exact) mass is 353 g/mol. The van der Waals surface area contributed by atoms with Crippen molar-refractivity contribution in [1.82, 2.24) is 4.90 Å². The molecule has 2 N–H and O–H groups in total. The Morgan fingerprint density at radius 3 is 2.04 bits per heavy atom. The van der Waals surface area contributed by atoms with Gasteiger partial charge in [0.25, 0.3) is 0 Å². The van der Waals surface area contributed by atoms with Crippen LogP contribution in [0.25, 0.3) is 0 Å². The number of carbonyl (C=O) groups excluding carboxylic acids is 1. The Bertz CT molecular complexity index is 708. The fourth-order valence-corrected chi connectivity index (χ4v) is 3.51. The molecule has 0 aromatic heterocycles. The molecule has 136 valence electrons. The number of piperidine rings is 1. The highest BCUT2D eigenvalue weighted by molar-refractivity contribution is 5.79. The molecular weight excluding hydrogens is 330 g/mol. The quantitative estimate of drug-likeness (QED) is 0.866. The number of rotatable bonds is 5. The summed E-state index contributed by atoms with van der Waals surface area (Å²) in [5.41, 5.74) is 2.11. The molecule has 0 spiro atoms. The Kier molecular flexibility index (Phi) is 5.68. The van der Waals surface area contributed by atoms with Crippen LogP contribution in [0.1, 0.15) is 29.9 Å². The number of amides is 1. The summed E-state index contributed by atoms with van der Waals surface area (Å²) in [5.74, 6) is -2.14. The van der Waals surface area contributed by atoms with Gasteiger partial charge in [-0.15, -0.1) is 0 Å². The number of carbonyl (C=O) groups is 2. The third-order valence-electron chi connectivity index (χ3n) is 5.03. The van der Waals surface area contributed by atoms with Gasteiger partial charge in [-0.05, 0) is 17.5 Å². The summed E-state index contributed by atoms with van der Waals surface area (Å²) >= 11 is 0. The zero-order valence-corrected chi connectivity index (χ0v) is 14.5. The van der Waals surface area contributed by atoms with Crippen LogP contribution < -0.4 is 0 Å². The second kappa shape index (κ2) is 8.15. The van der Waals surface area contributed by atoms with Crippen LogP contribution in [-0.2, 0) is 9.59 Å². The first-order valence-electron chi connectivity index (χ1n) is 8.85. The number of aliphatic carboxylic acids is 1. The van der Waals surface area contributed by atoms with Gasteiger partial charge in [-0.1, -0.05) is 60.7 Å². The van der Waals surface area contributed by atoms with Crippen LogP contribution in [0.3, 0.4) is 0 Å². The maximum absolute atomic E-state index is 12.9. The van der Waals surface area contributed by atoms with Gasteiger partial charge in [-0.2, -0.15) is 0 Å². The number of aliphatic hydroxyl groups excluding tert-OH is 1. The van der Waals surface area contributed by atoms with E-state index in [1.54, 1.807) is 4.90 Å². The molecule has 2 aromatic rings. The molecule has 5 heteroatoms. The summed E-state index contributed by atoms with van der Waals surface area (Å²) in [6.07, 6.45) is -0.323. The maximum atomic E-state index is 12.9. The van der Waals surface area contributed by atoms with Gasteiger partial charge in [-0.25, -0.2) is 0 Å². The molecule has 1 heterocycles. The summed E-state index contributed by atoms with van der Waals surface area (Å²) in [4.78, 5) is 25.8. The summed E-state index contributed by atoms with van der Waals surface area (Å²) < 4.78 is 0. The van der Waals surface area contributed by atoms with E-state index in [9.17, 15) is 19.8 Å². The Morgan fingerprint density at radius 2 is 1.54 bits per heavy atom. The molecule has 3 rings (SSSR count). The smallest absolute Gasteiger partial charge is 0.310 e. The highest BCUT2D eigenvalue weighted by Gasteiger charge is 2.35. The van der Waals surface area contributed by atoms with E-state index in [-0.39, 0.29) is 24.8 Å². The summed E-state index contributed by atoms with van der Waals surface area (Å²) in [6, 6.07) is 19.7. The first kappa shape index (κ1) is 18.1. The van der Waals surface area contributed by atoms with E-state index in [0.29, 0.717) is 13.0 Å². The molecule has 0 aliphatic carbocycles. The number of aliphatic hydroxyl groups is 1. The van der Waals surface area contributed by atoms with Crippen molar-refractivity contribution in [3.05, 3.63) is 71.8 Å². The van der Waals surface area contributed by atoms with Gasteiger partial charge in [0, 0.05) is 25.4 Å². The van der Waals surface area contributed by atoms with E-state index in [4.69, 9.17) is 0 Å². The molecule has 0 bridgehead atoms. The van der Waals surface area contributed by atoms with Crippen LogP contribution in [0.15, 0.2) is 60.7 Å². The van der Waals surface area contributed by atoms with Crippen molar-refractivity contribution in [3.8, 4) is 0 Å². The van der Waals surface area contributed by atoms with Crippen LogP contribution in [0.5, 0.6) is 0 Å². The minimum absolute atomic E-state index is 0.0611. The zero-order valence-electron chi connectivity index (χ0n) is 14.5. The topological polar surface area (TPSA) is 77.8 Å². The van der Waals surface area contributed by atoms with Crippen molar-refractivity contribution >= 4 is 11.9 Å². The van der Waals surface area contributed by atoms with Crippen LogP contribution >= 0.6 is 0 Å². The Hall–Kier alpha value is -2.66. The third kappa shape index (κ3) is 4.11. The van der Waals surface area contributed by atoms with Gasteiger partial charge in [0.2, 0.25) is 5.91 Å². The number of nitrogens with zero attached hydrogens (tertiary/aromatic N) is 1. The van der Waals surface area contributed by atoms with Crippen LogP contribution in [-0.4, -0.2) is 46.2 Å². The van der Waals surface area contributed by atoms with Gasteiger partial charge in [-0.3, -0.25) is 9.59 Å². The molecule has 2 aromatic carbocycles. The van der Waals surface area contributed by atoms with Gasteiger partial charge in [0.1, 0.15) is 5.92 Å². The first-order valence-corrected chi connectivity index (χ1v) is 8.85. The SMILES string of the molecule is O=C(O)[C@H]1CN(C(=O)CC(c2ccccc2)c2ccccc2)CC[C@H]1O. The Morgan fingerprint density at radius 1 is 1.00 bits per heavy atom. The average Bonchev–Trinajstić information content (AvgIpc) is 2.67. The zero-order chi connectivity index (χ0) is 18.5. The number of likely N-dealkylation sites (tertiary alicyclic amines) is 1. The number of benzene rings is 2. The molecule has 0 saturated carbocycles. The Labute approximate surface area is 152 Å². The van der Waals surface area contributed by atoms with Crippen molar-refractivity contribution < 1.29 is 19.8 Å². The number of hydrogen-bond donors (Lipinski definition) is 2. The Balaban J connectivity index is 1.79. The van der Waals surface area contributed by atoms with Crippen molar-refractivity contribution in [2.45, 2.75) is 24.9 Å². The fourth-order valence-electron chi connectivity index (χ4n) is 3.51. The summed E-state index contributed by atoms with van der Waals surface area (Å²) in [5, 5.41) is 19.1. The van der Waals surface area contributed by atoms with Gasteiger partial charge >= 0.3 is 5.97 Å². The van der Waals surface area contributed by atoms with Crippen LogP contribution in [0.4, 0.5) is 0 Å². The van der Waals surface area contributed by atoms with Crippen molar-refractivity contribution in [2.75, 3.05) is 13.1 Å². The average molecular weight is 353 g/mol. The van der Waals surface area contributed by atoms with E-state index >= 15 is 0 Å². The predicted molar refractivity (Wildman–Crippen MR) is 97.7 cm³/mol. The maximum Gasteiger partial charge on any atom is 0.310 e. The third-order valence-corrected chi connectivity index (χ3v) is 5.03. The van der Waals surface area contributed by atoms with E-state index in [1.807, 2.05) is 60.7 Å². The molecule has 1 fully saturated rings. The standard InChI is InChI=1S/C21H23NO4/c23-19-11-12-22(14-18(19)21(25)26)20(24)13-17(15-7-3-1-4-8-15)16-9-5-2-6-10-16/h1-10,17-19,23H,11-14H2,(H,25,26)/t18-,19+/m0/s1. The van der Waals surface area contributed by atoms with E-state index in [0.717, 1.165) is 11.1 Å². The molecule has 1 aliphatic rings. The molecule has 1 amide bonds. The lowest BCUT2D eigenvalue weighted by Gasteiger charge is -2.35. The second-order valence-corrected chi connectivity index (χ2v) is 6.72. The van der Waals surface area contributed by atoms with Crippen molar-refractivity contribution in [2.24, 2.45) is 5.92 Å². The number of carboxylic acids is 1. The van der Waals surface area contributed by atoms with Crippen molar-refractivity contribution in [1.29, 1.82) is 0 Å². The van der Waals surface area contributed by atoms with Crippen LogP contribution in [0, 0.1) is 5.92 Å². The fraction of sp³-hybridized carbons (Fsp3) is 0.333. The first-order chi connectivity index (χ1) is 12.6. The highest BCUT2D eigenvalue weighted by Crippen LogP contribution is 2.29. The largest absolute Gasteiger partial charge is 0.481 e. The van der Waals surface area contributed by atoms with Crippen LogP contribution in [0.2, 0.25) is 0 Å². The lowest BCUT2D eigenvalue weighted by atomic mass is 9.87. The molecule has 5 nitrogen and oxygen atoms in total. The van der Waals surface area contributed by atoms with Crippen molar-refractivity contribution in [3.63, 3.8) is 0 Å². The molecule has 1 saturated heterocycles. The minimum Gasteiger partial charge on any atom is -0.481 e. The lowest BCUT2D eigenvalue weighted by molar-refractivity contribution is -0.151. The molecule has 0 unspecified atom stereocenters. The van der Waals surface area contributed by atoms with Gasteiger partial charge in [0.05, 0.1) is 6.10 Å². The van der Waals surface area contributed by atoms with E-state index < -0.39 is 18.0 Å². The lowest BCUT2D eigenvalue weighted by Crippen LogP contribution is -2.49. The molecule has 26 heavy (non-hydrogen) atoms. The number of hydrogen-bond acceptors (Lipinski definition) is 3. The minimum atomic E-state index is -1.06. The predicted octanol–water partition coefficient (Wildman–Crippen LogP) is 2.50. The molecular formula is C21H23NO4.